The molecule has 0 saturated heterocycles. The lowest BCUT2D eigenvalue weighted by molar-refractivity contribution is 1.07. The Morgan fingerprint density at radius 2 is 0.400 bits per heavy atom. The number of hydrogen-bond acceptors (Lipinski definition) is 3. The Morgan fingerprint density at radius 3 is 0.710 bits per heavy atom. The molecule has 7 nitrogen and oxygen atoms in total. The third kappa shape index (κ3) is 9.10. The summed E-state index contributed by atoms with van der Waals surface area (Å²) in [5, 5.41) is 9.17. The summed E-state index contributed by atoms with van der Waals surface area (Å²) in [6, 6.07) is 130. The van der Waals surface area contributed by atoms with Crippen LogP contribution in [0.25, 0.3) is 189 Å². The van der Waals surface area contributed by atoms with E-state index in [1.54, 1.807) is 0 Å². The maximum atomic E-state index is 5.87. The molecule has 5 heterocycles. The largest absolute Gasteiger partial charge is 0.309 e. The molecule has 0 spiro atoms. The van der Waals surface area contributed by atoms with E-state index in [1.807, 2.05) is 12.1 Å². The predicted molar refractivity (Wildman–Crippen MR) is 415 cm³/mol. The highest BCUT2D eigenvalue weighted by atomic mass is 15.0. The Hall–Kier alpha value is -13.5. The highest BCUT2D eigenvalue weighted by molar-refractivity contribution is 6.18. The van der Waals surface area contributed by atoms with Crippen molar-refractivity contribution in [2.75, 3.05) is 0 Å². The normalized spacial score (nSPS) is 11.8. The number of para-hydroxylation sites is 8. The first kappa shape index (κ1) is 56.8. The average Bonchev–Trinajstić information content (AvgIpc) is 1.24. The quantitative estimate of drug-likeness (QED) is 0.130. The van der Waals surface area contributed by atoms with Crippen LogP contribution in [0.4, 0.5) is 0 Å². The maximum absolute atomic E-state index is 5.87. The highest BCUT2D eigenvalue weighted by Gasteiger charge is 2.30. The van der Waals surface area contributed by atoms with Crippen molar-refractivity contribution >= 4 is 87.2 Å². The van der Waals surface area contributed by atoms with Crippen molar-refractivity contribution in [2.24, 2.45) is 0 Å². The number of rotatable bonds is 11. The van der Waals surface area contributed by atoms with E-state index in [1.165, 1.54) is 0 Å². The Bertz CT molecular complexity index is 6210. The van der Waals surface area contributed by atoms with Gasteiger partial charge in [0.25, 0.3) is 0 Å². The van der Waals surface area contributed by atoms with Crippen LogP contribution in [-0.4, -0.2) is 33.2 Å². The minimum Gasteiger partial charge on any atom is -0.309 e. The molecule has 7 heteroatoms. The molecule has 0 atom stereocenters. The van der Waals surface area contributed by atoms with E-state index < -0.39 is 0 Å². The number of nitrogens with zero attached hydrogens (tertiary/aromatic N) is 7. The predicted octanol–water partition coefficient (Wildman–Crippen LogP) is 23.9. The van der Waals surface area contributed by atoms with Crippen LogP contribution in [0.1, 0.15) is 0 Å². The van der Waals surface area contributed by atoms with E-state index in [2.05, 4.69) is 364 Å². The minimum atomic E-state index is 0.544. The molecule has 20 rings (SSSR count). The molecule has 0 N–H and O–H groups in total. The molecule has 15 aromatic carbocycles. The Kier molecular flexibility index (Phi) is 13.1. The molecule has 20 aromatic rings. The van der Waals surface area contributed by atoms with Gasteiger partial charge in [-0.3, -0.25) is 0 Å². The van der Waals surface area contributed by atoms with Gasteiger partial charge in [-0.1, -0.05) is 231 Å². The van der Waals surface area contributed by atoms with E-state index in [0.717, 1.165) is 171 Å². The lowest BCUT2D eigenvalue weighted by Gasteiger charge is -2.24. The summed E-state index contributed by atoms with van der Waals surface area (Å²) < 4.78 is 9.60. The van der Waals surface area contributed by atoms with Crippen LogP contribution in [0.5, 0.6) is 0 Å². The summed E-state index contributed by atoms with van der Waals surface area (Å²) >= 11 is 0. The molecular formula is C93H59N7. The summed E-state index contributed by atoms with van der Waals surface area (Å²) in [5.41, 5.74) is 24.1. The second-order valence-electron chi connectivity index (χ2n) is 25.8. The van der Waals surface area contributed by atoms with Crippen LogP contribution in [0.15, 0.2) is 358 Å². The molecule has 5 aromatic heterocycles. The molecule has 0 saturated carbocycles. The van der Waals surface area contributed by atoms with Gasteiger partial charge >= 0.3 is 0 Å². The van der Waals surface area contributed by atoms with Crippen molar-refractivity contribution in [3.63, 3.8) is 0 Å². The lowest BCUT2D eigenvalue weighted by Crippen LogP contribution is -2.05. The SMILES string of the molecule is c1ccc(-c2nc(-c3ccccc3)nc(-c3c(-c4ccc5c(c4)c4ccccc4n5-c4ccccc4)c(-c4ccc5c(c4)c4ccccc4n5-c4ccccc4)cc(-c4ccc5c(c4)c4ccccc4n5-c4ccccc4)c3-c3ccc4c(c3)c3ccccc3n4-c3ccccc3)n2)cc1. The van der Waals surface area contributed by atoms with E-state index in [9.17, 15) is 0 Å². The molecule has 0 unspecified atom stereocenters. The molecule has 0 amide bonds. The monoisotopic (exact) mass is 1270 g/mol. The van der Waals surface area contributed by atoms with E-state index in [4.69, 9.17) is 15.0 Å². The fraction of sp³-hybridized carbons (Fsp3) is 0. The van der Waals surface area contributed by atoms with Crippen LogP contribution in [-0.2, 0) is 0 Å². The Balaban J connectivity index is 0.990. The fourth-order valence-electron chi connectivity index (χ4n) is 15.8. The van der Waals surface area contributed by atoms with Crippen LogP contribution in [0.2, 0.25) is 0 Å². The standard InChI is InChI=1S/C93H59N7/c1-7-27-60(28-8-1)91-94-92(61-29-9-2-10-30-61)96-93(95-91)90-88(64-49-53-86-78(57-64)72-41-21-25-45-82(72)99(86)68-35-15-5-16-36-68)74(62-47-51-84-76(55-62)70-39-19-23-43-80(70)97(84)66-31-11-3-12-32-66)59-75(63-48-52-85-77(56-63)71-40-20-24-44-81(71)98(85)67-33-13-4-14-34-67)89(90)65-50-54-87-79(58-65)73-42-22-26-46-83(73)100(87)69-37-17-6-18-38-69/h1-59H. The molecule has 466 valence electrons. The van der Waals surface area contributed by atoms with Crippen molar-refractivity contribution in [3.8, 4) is 101 Å². The van der Waals surface area contributed by atoms with Gasteiger partial charge in [0.1, 0.15) is 0 Å². The smallest absolute Gasteiger partial charge is 0.165 e. The second kappa shape index (κ2) is 23.1. The van der Waals surface area contributed by atoms with E-state index in [0.29, 0.717) is 17.5 Å². The van der Waals surface area contributed by atoms with Crippen LogP contribution in [0, 0.1) is 0 Å². The third-order valence-corrected chi connectivity index (χ3v) is 20.2. The summed E-state index contributed by atoms with van der Waals surface area (Å²) in [7, 11) is 0. The van der Waals surface area contributed by atoms with Crippen molar-refractivity contribution < 1.29 is 0 Å². The van der Waals surface area contributed by atoms with Crippen molar-refractivity contribution in [2.45, 2.75) is 0 Å². The first-order valence-corrected chi connectivity index (χ1v) is 34.1. The zero-order chi connectivity index (χ0) is 65.8. The average molecular weight is 1270 g/mol. The Morgan fingerprint density at radius 1 is 0.160 bits per heavy atom. The van der Waals surface area contributed by atoms with Crippen molar-refractivity contribution in [1.29, 1.82) is 0 Å². The minimum absolute atomic E-state index is 0.544. The Labute approximate surface area is 576 Å². The van der Waals surface area contributed by atoms with Gasteiger partial charge in [0.15, 0.2) is 17.5 Å². The fourth-order valence-corrected chi connectivity index (χ4v) is 15.8. The van der Waals surface area contributed by atoms with Gasteiger partial charge in [-0.05, 0) is 161 Å². The van der Waals surface area contributed by atoms with Gasteiger partial charge in [-0.2, -0.15) is 0 Å². The number of fused-ring (bicyclic) bond motifs is 12. The molecule has 0 bridgehead atoms. The topological polar surface area (TPSA) is 58.4 Å². The van der Waals surface area contributed by atoms with Gasteiger partial charge in [-0.25, -0.2) is 15.0 Å². The van der Waals surface area contributed by atoms with Crippen molar-refractivity contribution in [1.82, 2.24) is 33.2 Å². The zero-order valence-corrected chi connectivity index (χ0v) is 54.2. The van der Waals surface area contributed by atoms with Crippen LogP contribution in [0.3, 0.4) is 0 Å². The first-order valence-electron chi connectivity index (χ1n) is 34.1. The summed E-state index contributed by atoms with van der Waals surface area (Å²) in [6.07, 6.45) is 0. The van der Waals surface area contributed by atoms with E-state index in [-0.39, 0.29) is 0 Å². The molecule has 0 radical (unpaired) electrons. The van der Waals surface area contributed by atoms with Crippen molar-refractivity contribution in [3.05, 3.63) is 358 Å². The van der Waals surface area contributed by atoms with Gasteiger partial charge in [0, 0.05) is 93.7 Å². The van der Waals surface area contributed by atoms with Gasteiger partial charge in [0.2, 0.25) is 0 Å². The maximum Gasteiger partial charge on any atom is 0.165 e. The summed E-state index contributed by atoms with van der Waals surface area (Å²) in [5.74, 6) is 1.69. The summed E-state index contributed by atoms with van der Waals surface area (Å²) in [4.78, 5) is 17.2. The highest BCUT2D eigenvalue weighted by Crippen LogP contribution is 2.53. The third-order valence-electron chi connectivity index (χ3n) is 20.2. The second-order valence-corrected chi connectivity index (χ2v) is 25.8. The molecule has 0 fully saturated rings. The van der Waals surface area contributed by atoms with E-state index >= 15 is 0 Å². The molecule has 0 aliphatic carbocycles. The number of hydrogen-bond donors (Lipinski definition) is 0. The van der Waals surface area contributed by atoms with Gasteiger partial charge < -0.3 is 18.3 Å². The zero-order valence-electron chi connectivity index (χ0n) is 54.2. The van der Waals surface area contributed by atoms with Crippen LogP contribution >= 0.6 is 0 Å². The van der Waals surface area contributed by atoms with Gasteiger partial charge in [-0.15, -0.1) is 0 Å². The van der Waals surface area contributed by atoms with Gasteiger partial charge in [0.05, 0.1) is 44.1 Å². The molecular weight excluding hydrogens is 1220 g/mol. The molecule has 0 aliphatic rings. The first-order chi connectivity index (χ1) is 49.6. The lowest BCUT2D eigenvalue weighted by atomic mass is 9.80. The summed E-state index contributed by atoms with van der Waals surface area (Å²) in [6.45, 7) is 0. The molecule has 0 aliphatic heterocycles. The molecule has 100 heavy (non-hydrogen) atoms. The number of aromatic nitrogens is 7. The number of benzene rings is 15. The van der Waals surface area contributed by atoms with Crippen LogP contribution < -0.4 is 0 Å².